The van der Waals surface area contributed by atoms with Gasteiger partial charge in [0.15, 0.2) is 5.69 Å². The average Bonchev–Trinajstić information content (AvgIpc) is 3.36. The number of nitrogens with zero attached hydrogens (tertiary/aromatic N) is 2. The Morgan fingerprint density at radius 1 is 1.32 bits per heavy atom. The Labute approximate surface area is 141 Å². The van der Waals surface area contributed by atoms with Crippen LogP contribution in [-0.2, 0) is 6.18 Å². The van der Waals surface area contributed by atoms with Crippen LogP contribution in [0.25, 0.3) is 5.69 Å². The van der Waals surface area contributed by atoms with E-state index in [0.717, 1.165) is 25.0 Å². The summed E-state index contributed by atoms with van der Waals surface area (Å²) in [5.74, 6) is -0.183. The number of amides is 1. The van der Waals surface area contributed by atoms with Crippen molar-refractivity contribution < 1.29 is 18.0 Å². The van der Waals surface area contributed by atoms with Gasteiger partial charge in [-0.05, 0) is 43.9 Å². The maximum atomic E-state index is 12.9. The standard InChI is InChI=1S/C17H16F3N3O2/c1-10-7-14(24)15(16(25)21-9-11-5-6-11)22-23(10)13-4-2-3-12(8-13)17(18,19)20/h2-4,7-8,11H,5-6,9H2,1H3,(H,21,25). The summed E-state index contributed by atoms with van der Waals surface area (Å²) in [4.78, 5) is 24.2. The first kappa shape index (κ1) is 17.2. The van der Waals surface area contributed by atoms with Gasteiger partial charge < -0.3 is 5.32 Å². The van der Waals surface area contributed by atoms with E-state index in [4.69, 9.17) is 0 Å². The molecule has 25 heavy (non-hydrogen) atoms. The molecule has 1 aliphatic rings. The number of hydrogen-bond acceptors (Lipinski definition) is 3. The van der Waals surface area contributed by atoms with E-state index >= 15 is 0 Å². The molecule has 1 amide bonds. The normalized spacial score (nSPS) is 14.4. The maximum absolute atomic E-state index is 12.9. The third kappa shape index (κ3) is 3.89. The zero-order chi connectivity index (χ0) is 18.2. The highest BCUT2D eigenvalue weighted by molar-refractivity contribution is 5.92. The zero-order valence-electron chi connectivity index (χ0n) is 13.4. The first-order valence-electron chi connectivity index (χ1n) is 7.82. The van der Waals surface area contributed by atoms with Gasteiger partial charge in [0.25, 0.3) is 5.91 Å². The van der Waals surface area contributed by atoms with Crippen LogP contribution in [-0.4, -0.2) is 22.2 Å². The molecule has 0 radical (unpaired) electrons. The van der Waals surface area contributed by atoms with Crippen molar-refractivity contribution in [1.82, 2.24) is 15.1 Å². The average molecular weight is 351 g/mol. The molecular formula is C17H16F3N3O2. The molecule has 0 saturated heterocycles. The summed E-state index contributed by atoms with van der Waals surface area (Å²) in [5.41, 5.74) is -1.26. The van der Waals surface area contributed by atoms with Crippen molar-refractivity contribution in [3.8, 4) is 5.69 Å². The predicted octanol–water partition coefficient (Wildman–Crippen LogP) is 2.70. The molecule has 1 aromatic carbocycles. The van der Waals surface area contributed by atoms with E-state index in [1.165, 1.54) is 22.9 Å². The van der Waals surface area contributed by atoms with Crippen LogP contribution in [0.1, 0.15) is 34.6 Å². The predicted molar refractivity (Wildman–Crippen MR) is 84.6 cm³/mol. The van der Waals surface area contributed by atoms with Gasteiger partial charge in [0.1, 0.15) is 0 Å². The minimum absolute atomic E-state index is 0.128. The number of aromatic nitrogens is 2. The van der Waals surface area contributed by atoms with Crippen molar-refractivity contribution in [1.29, 1.82) is 0 Å². The monoisotopic (exact) mass is 351 g/mol. The van der Waals surface area contributed by atoms with Gasteiger partial charge in [0, 0.05) is 18.3 Å². The molecule has 2 aromatic rings. The fourth-order valence-corrected chi connectivity index (χ4v) is 2.42. The lowest BCUT2D eigenvalue weighted by atomic mass is 10.2. The number of carbonyl (C=O) groups excluding carboxylic acids is 1. The van der Waals surface area contributed by atoms with Crippen LogP contribution in [0.15, 0.2) is 35.1 Å². The Balaban J connectivity index is 1.97. The summed E-state index contributed by atoms with van der Waals surface area (Å²) in [5, 5.41) is 6.63. The second-order valence-electron chi connectivity index (χ2n) is 6.11. The smallest absolute Gasteiger partial charge is 0.350 e. The molecule has 1 fully saturated rings. The summed E-state index contributed by atoms with van der Waals surface area (Å²) in [6, 6.07) is 5.76. The van der Waals surface area contributed by atoms with E-state index < -0.39 is 23.1 Å². The maximum Gasteiger partial charge on any atom is 0.416 e. The lowest BCUT2D eigenvalue weighted by Crippen LogP contribution is -2.33. The second kappa shape index (κ2) is 6.34. The van der Waals surface area contributed by atoms with Crippen LogP contribution in [0.4, 0.5) is 13.2 Å². The third-order valence-electron chi connectivity index (χ3n) is 3.99. The molecule has 3 rings (SSSR count). The van der Waals surface area contributed by atoms with Crippen LogP contribution >= 0.6 is 0 Å². The zero-order valence-corrected chi connectivity index (χ0v) is 13.4. The SMILES string of the molecule is Cc1cc(=O)c(C(=O)NCC2CC2)nn1-c1cccc(C(F)(F)F)c1. The third-order valence-corrected chi connectivity index (χ3v) is 3.99. The fraction of sp³-hybridized carbons (Fsp3) is 0.353. The molecule has 8 heteroatoms. The minimum Gasteiger partial charge on any atom is -0.350 e. The Bertz CT molecular complexity index is 870. The Morgan fingerprint density at radius 2 is 2.04 bits per heavy atom. The number of nitrogens with one attached hydrogen (secondary N) is 1. The van der Waals surface area contributed by atoms with Gasteiger partial charge >= 0.3 is 6.18 Å². The van der Waals surface area contributed by atoms with Crippen LogP contribution in [0.2, 0.25) is 0 Å². The van der Waals surface area contributed by atoms with E-state index in [-0.39, 0.29) is 11.4 Å². The van der Waals surface area contributed by atoms with E-state index in [1.807, 2.05) is 0 Å². The summed E-state index contributed by atoms with van der Waals surface area (Å²) >= 11 is 0. The molecule has 1 N–H and O–H groups in total. The van der Waals surface area contributed by atoms with E-state index in [2.05, 4.69) is 10.4 Å². The largest absolute Gasteiger partial charge is 0.416 e. The van der Waals surface area contributed by atoms with Crippen molar-refractivity contribution >= 4 is 5.91 Å². The molecule has 0 aliphatic heterocycles. The molecule has 5 nitrogen and oxygen atoms in total. The molecule has 0 atom stereocenters. The second-order valence-corrected chi connectivity index (χ2v) is 6.11. The quantitative estimate of drug-likeness (QED) is 0.921. The Hall–Kier alpha value is -2.64. The topological polar surface area (TPSA) is 64.0 Å². The van der Waals surface area contributed by atoms with Crippen LogP contribution in [0, 0.1) is 12.8 Å². The molecule has 1 aromatic heterocycles. The van der Waals surface area contributed by atoms with Crippen LogP contribution in [0.5, 0.6) is 0 Å². The molecular weight excluding hydrogens is 335 g/mol. The summed E-state index contributed by atoms with van der Waals surface area (Å²) in [6.07, 6.45) is -2.42. The van der Waals surface area contributed by atoms with Gasteiger partial charge in [-0.25, -0.2) is 4.68 Å². The van der Waals surface area contributed by atoms with Crippen molar-refractivity contribution in [2.45, 2.75) is 25.9 Å². The van der Waals surface area contributed by atoms with Crippen molar-refractivity contribution in [2.75, 3.05) is 6.54 Å². The van der Waals surface area contributed by atoms with Gasteiger partial charge in [-0.1, -0.05) is 6.07 Å². The van der Waals surface area contributed by atoms with Crippen molar-refractivity contribution in [3.63, 3.8) is 0 Å². The number of carbonyl (C=O) groups is 1. The highest BCUT2D eigenvalue weighted by Gasteiger charge is 2.30. The molecule has 0 spiro atoms. The molecule has 1 aliphatic carbocycles. The molecule has 0 bridgehead atoms. The van der Waals surface area contributed by atoms with Gasteiger partial charge in [0.05, 0.1) is 11.3 Å². The fourth-order valence-electron chi connectivity index (χ4n) is 2.42. The van der Waals surface area contributed by atoms with Crippen LogP contribution < -0.4 is 10.7 Å². The molecule has 1 saturated carbocycles. The lowest BCUT2D eigenvalue weighted by molar-refractivity contribution is -0.137. The van der Waals surface area contributed by atoms with E-state index in [1.54, 1.807) is 6.92 Å². The highest BCUT2D eigenvalue weighted by Crippen LogP contribution is 2.30. The number of aryl methyl sites for hydroxylation is 1. The van der Waals surface area contributed by atoms with Gasteiger partial charge in [0.2, 0.25) is 5.43 Å². The molecule has 132 valence electrons. The molecule has 0 unspecified atom stereocenters. The van der Waals surface area contributed by atoms with Crippen molar-refractivity contribution in [3.05, 3.63) is 57.5 Å². The van der Waals surface area contributed by atoms with E-state index in [9.17, 15) is 22.8 Å². The lowest BCUT2D eigenvalue weighted by Gasteiger charge is -2.13. The highest BCUT2D eigenvalue weighted by atomic mass is 19.4. The van der Waals surface area contributed by atoms with Gasteiger partial charge in [-0.2, -0.15) is 18.3 Å². The summed E-state index contributed by atoms with van der Waals surface area (Å²) in [6.45, 7) is 2.01. The number of benzene rings is 1. The van der Waals surface area contributed by atoms with Gasteiger partial charge in [-0.3, -0.25) is 9.59 Å². The van der Waals surface area contributed by atoms with Crippen LogP contribution in [0.3, 0.4) is 0 Å². The van der Waals surface area contributed by atoms with Gasteiger partial charge in [-0.15, -0.1) is 0 Å². The minimum atomic E-state index is -4.49. The summed E-state index contributed by atoms with van der Waals surface area (Å²) in [7, 11) is 0. The first-order chi connectivity index (χ1) is 11.8. The Morgan fingerprint density at radius 3 is 2.68 bits per heavy atom. The number of hydrogen-bond donors (Lipinski definition) is 1. The molecule has 1 heterocycles. The number of alkyl halides is 3. The number of halogens is 3. The number of rotatable bonds is 4. The van der Waals surface area contributed by atoms with E-state index in [0.29, 0.717) is 18.2 Å². The van der Waals surface area contributed by atoms with Crippen molar-refractivity contribution in [2.24, 2.45) is 5.92 Å². The summed E-state index contributed by atoms with van der Waals surface area (Å²) < 4.78 is 39.9. The Kier molecular flexibility index (Phi) is 4.36. The first-order valence-corrected chi connectivity index (χ1v) is 7.82.